The van der Waals surface area contributed by atoms with Gasteiger partial charge in [0.05, 0.1) is 0 Å². The zero-order chi connectivity index (χ0) is 16.8. The number of Topliss-reactive ketones (excluding diaryl/α,β-unsaturated/α-hetero) is 1. The van der Waals surface area contributed by atoms with Crippen molar-refractivity contribution in [3.8, 4) is 0 Å². The Morgan fingerprint density at radius 1 is 1.22 bits per heavy atom. The van der Waals surface area contributed by atoms with Crippen molar-refractivity contribution in [2.24, 2.45) is 0 Å². The number of anilines is 1. The fraction of sp³-hybridized carbons (Fsp3) is 0.200. The second-order valence-corrected chi connectivity index (χ2v) is 6.43. The van der Waals surface area contributed by atoms with Crippen molar-refractivity contribution in [3.05, 3.63) is 45.4 Å². The molecule has 0 spiro atoms. The highest BCUT2D eigenvalue weighted by Gasteiger charge is 2.10. The lowest BCUT2D eigenvalue weighted by molar-refractivity contribution is -0.116. The van der Waals surface area contributed by atoms with Crippen LogP contribution < -0.4 is 10.6 Å². The predicted molar refractivity (Wildman–Crippen MR) is 91.8 cm³/mol. The molecule has 1 aromatic carbocycles. The molecule has 2 N–H and O–H groups in total. The number of benzene rings is 1. The summed E-state index contributed by atoms with van der Waals surface area (Å²) in [6.07, 6.45) is 0.122. The molecular weight excluding hydrogens is 382 g/mol. The van der Waals surface area contributed by atoms with Gasteiger partial charge in [-0.2, -0.15) is 0 Å². The van der Waals surface area contributed by atoms with Crippen LogP contribution in [0.25, 0.3) is 0 Å². The molecule has 0 aliphatic rings. The van der Waals surface area contributed by atoms with Crippen molar-refractivity contribution in [2.75, 3.05) is 11.9 Å². The van der Waals surface area contributed by atoms with E-state index in [4.69, 9.17) is 0 Å². The Morgan fingerprint density at radius 2 is 1.91 bits per heavy atom. The monoisotopic (exact) mass is 395 g/mol. The van der Waals surface area contributed by atoms with Crippen molar-refractivity contribution in [2.45, 2.75) is 13.3 Å². The molecule has 2 rings (SSSR count). The Kier molecular flexibility index (Phi) is 6.00. The van der Waals surface area contributed by atoms with Gasteiger partial charge in [-0.25, -0.2) is 4.98 Å². The van der Waals surface area contributed by atoms with Gasteiger partial charge in [0, 0.05) is 35.3 Å². The fourth-order valence-electron chi connectivity index (χ4n) is 1.67. The van der Waals surface area contributed by atoms with Gasteiger partial charge in [-0.3, -0.25) is 14.4 Å². The van der Waals surface area contributed by atoms with Crippen molar-refractivity contribution < 1.29 is 14.4 Å². The Labute approximate surface area is 145 Å². The molecule has 0 radical (unpaired) electrons. The lowest BCUT2D eigenvalue weighted by atomic mass is 10.2. The highest BCUT2D eigenvalue weighted by Crippen LogP contribution is 2.15. The molecule has 0 saturated heterocycles. The first-order valence-corrected chi connectivity index (χ1v) is 8.43. The summed E-state index contributed by atoms with van der Waals surface area (Å²) in [7, 11) is 0. The van der Waals surface area contributed by atoms with Crippen molar-refractivity contribution in [1.29, 1.82) is 0 Å². The van der Waals surface area contributed by atoms with Crippen LogP contribution in [0.3, 0.4) is 0 Å². The van der Waals surface area contributed by atoms with Crippen LogP contribution in [0.2, 0.25) is 0 Å². The van der Waals surface area contributed by atoms with E-state index >= 15 is 0 Å². The first-order valence-electron chi connectivity index (χ1n) is 6.76. The molecule has 23 heavy (non-hydrogen) atoms. The van der Waals surface area contributed by atoms with E-state index in [1.807, 2.05) is 0 Å². The second kappa shape index (κ2) is 7.98. The number of thiazole rings is 1. The van der Waals surface area contributed by atoms with Gasteiger partial charge >= 0.3 is 0 Å². The van der Waals surface area contributed by atoms with E-state index in [9.17, 15) is 14.4 Å². The SMILES string of the molecule is CC(=O)c1csc(NC(=O)CCNC(=O)c2ccc(Br)cc2)n1. The number of hydrogen-bond donors (Lipinski definition) is 2. The minimum absolute atomic E-state index is 0.122. The van der Waals surface area contributed by atoms with Gasteiger partial charge in [0.2, 0.25) is 5.91 Å². The Morgan fingerprint density at radius 3 is 2.52 bits per heavy atom. The highest BCUT2D eigenvalue weighted by molar-refractivity contribution is 9.10. The van der Waals surface area contributed by atoms with Crippen LogP contribution >= 0.6 is 27.3 Å². The lowest BCUT2D eigenvalue weighted by Crippen LogP contribution is -2.27. The average Bonchev–Trinajstić information content (AvgIpc) is 2.96. The van der Waals surface area contributed by atoms with Gasteiger partial charge in [-0.1, -0.05) is 15.9 Å². The number of carbonyl (C=O) groups excluding carboxylic acids is 3. The van der Waals surface area contributed by atoms with Gasteiger partial charge in [0.1, 0.15) is 5.69 Å². The maximum atomic E-state index is 11.9. The van der Waals surface area contributed by atoms with Crippen molar-refractivity contribution in [3.63, 3.8) is 0 Å². The lowest BCUT2D eigenvalue weighted by Gasteiger charge is -2.05. The smallest absolute Gasteiger partial charge is 0.251 e. The molecule has 8 heteroatoms. The Bertz CT molecular complexity index is 728. The Balaban J connectivity index is 1.76. The molecule has 2 amide bonds. The van der Waals surface area contributed by atoms with E-state index in [1.54, 1.807) is 29.6 Å². The molecule has 0 aliphatic carbocycles. The number of halogens is 1. The zero-order valence-electron chi connectivity index (χ0n) is 12.3. The van der Waals surface area contributed by atoms with Crippen LogP contribution in [-0.4, -0.2) is 29.1 Å². The van der Waals surface area contributed by atoms with E-state index < -0.39 is 0 Å². The van der Waals surface area contributed by atoms with E-state index in [1.165, 1.54) is 18.3 Å². The van der Waals surface area contributed by atoms with Gasteiger partial charge in [0.15, 0.2) is 10.9 Å². The molecular formula is C15H14BrN3O3S. The van der Waals surface area contributed by atoms with E-state index in [2.05, 4.69) is 31.5 Å². The maximum absolute atomic E-state index is 11.9. The summed E-state index contributed by atoms with van der Waals surface area (Å²) in [4.78, 5) is 38.8. The fourth-order valence-corrected chi connectivity index (χ4v) is 2.70. The second-order valence-electron chi connectivity index (χ2n) is 4.66. The minimum atomic E-state index is -0.273. The van der Waals surface area contributed by atoms with Crippen LogP contribution in [0.1, 0.15) is 34.2 Å². The topological polar surface area (TPSA) is 88.2 Å². The standard InChI is InChI=1S/C15H14BrN3O3S/c1-9(20)12-8-23-15(18-12)19-13(21)6-7-17-14(22)10-2-4-11(16)5-3-10/h2-5,8H,6-7H2,1H3,(H,17,22)(H,18,19,21). The quantitative estimate of drug-likeness (QED) is 0.735. The van der Waals surface area contributed by atoms with Crippen molar-refractivity contribution in [1.82, 2.24) is 10.3 Å². The minimum Gasteiger partial charge on any atom is -0.352 e. The largest absolute Gasteiger partial charge is 0.352 e. The summed E-state index contributed by atoms with van der Waals surface area (Å²) in [5.74, 6) is -0.660. The van der Waals surface area contributed by atoms with Gasteiger partial charge in [-0.05, 0) is 24.3 Å². The number of nitrogens with one attached hydrogen (secondary N) is 2. The molecule has 0 aliphatic heterocycles. The first kappa shape index (κ1) is 17.3. The van der Waals surface area contributed by atoms with Crippen LogP contribution in [0, 0.1) is 0 Å². The summed E-state index contributed by atoms with van der Waals surface area (Å²) in [6, 6.07) is 6.93. The molecule has 0 bridgehead atoms. The molecule has 0 fully saturated rings. The predicted octanol–water partition coefficient (Wildman–Crippen LogP) is 2.87. The summed E-state index contributed by atoms with van der Waals surface area (Å²) in [6.45, 7) is 1.63. The molecule has 120 valence electrons. The third-order valence-electron chi connectivity index (χ3n) is 2.86. The van der Waals surface area contributed by atoms with Crippen LogP contribution in [0.4, 0.5) is 5.13 Å². The number of nitrogens with zero attached hydrogens (tertiary/aromatic N) is 1. The Hall–Kier alpha value is -2.06. The van der Waals surface area contributed by atoms with Crippen LogP contribution in [0.15, 0.2) is 34.1 Å². The number of aromatic nitrogens is 1. The number of carbonyl (C=O) groups is 3. The van der Waals surface area contributed by atoms with Crippen molar-refractivity contribution >= 4 is 50.0 Å². The number of ketones is 1. The molecule has 6 nitrogen and oxygen atoms in total. The molecule has 1 heterocycles. The van der Waals surface area contributed by atoms with E-state index in [0.717, 1.165) is 4.47 Å². The van der Waals surface area contributed by atoms with Crippen LogP contribution in [-0.2, 0) is 4.79 Å². The number of amides is 2. The molecule has 2 aromatic rings. The van der Waals surface area contributed by atoms with E-state index in [0.29, 0.717) is 16.4 Å². The average molecular weight is 396 g/mol. The van der Waals surface area contributed by atoms with Gasteiger partial charge in [0.25, 0.3) is 5.91 Å². The first-order chi connectivity index (χ1) is 11.0. The number of rotatable bonds is 6. The highest BCUT2D eigenvalue weighted by atomic mass is 79.9. The maximum Gasteiger partial charge on any atom is 0.251 e. The normalized spacial score (nSPS) is 10.2. The number of hydrogen-bond acceptors (Lipinski definition) is 5. The van der Waals surface area contributed by atoms with Gasteiger partial charge < -0.3 is 10.6 Å². The van der Waals surface area contributed by atoms with E-state index in [-0.39, 0.29) is 30.6 Å². The third kappa shape index (κ3) is 5.26. The summed E-state index contributed by atoms with van der Waals surface area (Å²) < 4.78 is 0.891. The molecule has 0 atom stereocenters. The summed E-state index contributed by atoms with van der Waals surface area (Å²) >= 11 is 4.49. The summed E-state index contributed by atoms with van der Waals surface area (Å²) in [5, 5.41) is 7.23. The summed E-state index contributed by atoms with van der Waals surface area (Å²) in [5.41, 5.74) is 0.855. The molecule has 0 unspecified atom stereocenters. The molecule has 1 aromatic heterocycles. The van der Waals surface area contributed by atoms with Gasteiger partial charge in [-0.15, -0.1) is 11.3 Å². The third-order valence-corrected chi connectivity index (χ3v) is 4.14. The molecule has 0 saturated carbocycles. The zero-order valence-corrected chi connectivity index (χ0v) is 14.7. The van der Waals surface area contributed by atoms with Crippen LogP contribution in [0.5, 0.6) is 0 Å².